The summed E-state index contributed by atoms with van der Waals surface area (Å²) in [5, 5.41) is 4.18. The first-order chi connectivity index (χ1) is 7.07. The van der Waals surface area contributed by atoms with Crippen molar-refractivity contribution in [2.75, 3.05) is 6.61 Å². The molecule has 4 heteroatoms. The highest BCUT2D eigenvalue weighted by Crippen LogP contribution is 2.12. The van der Waals surface area contributed by atoms with Crippen LogP contribution >= 0.6 is 0 Å². The van der Waals surface area contributed by atoms with E-state index in [2.05, 4.69) is 12.0 Å². The zero-order chi connectivity index (χ0) is 11.4. The lowest BCUT2D eigenvalue weighted by Gasteiger charge is -2.04. The lowest BCUT2D eigenvalue weighted by Crippen LogP contribution is -2.12. The molecule has 4 nitrogen and oxygen atoms in total. The molecule has 15 heavy (non-hydrogen) atoms. The molecule has 0 radical (unpaired) electrons. The zero-order valence-electron chi connectivity index (χ0n) is 9.83. The molecule has 1 heterocycles. The van der Waals surface area contributed by atoms with Gasteiger partial charge >= 0.3 is 5.97 Å². The van der Waals surface area contributed by atoms with E-state index in [1.54, 1.807) is 11.7 Å². The molecule has 0 spiro atoms. The number of carbonyl (C=O) groups excluding carboxylic acids is 1. The van der Waals surface area contributed by atoms with Gasteiger partial charge < -0.3 is 4.74 Å². The molecule has 0 saturated heterocycles. The van der Waals surface area contributed by atoms with Crippen LogP contribution in [0.25, 0.3) is 0 Å². The van der Waals surface area contributed by atoms with Gasteiger partial charge in [0, 0.05) is 12.6 Å². The molecular weight excluding hydrogens is 192 g/mol. The first-order valence-corrected chi connectivity index (χ1v) is 5.25. The van der Waals surface area contributed by atoms with Gasteiger partial charge in [0.1, 0.15) is 5.69 Å². The Hall–Kier alpha value is -1.32. The molecule has 0 atom stereocenters. The molecule has 0 unspecified atom stereocenters. The van der Waals surface area contributed by atoms with Gasteiger partial charge in [0.2, 0.25) is 0 Å². The van der Waals surface area contributed by atoms with E-state index in [0.717, 1.165) is 24.1 Å². The van der Waals surface area contributed by atoms with E-state index in [9.17, 15) is 4.79 Å². The molecule has 0 aliphatic heterocycles. The van der Waals surface area contributed by atoms with Crippen molar-refractivity contribution in [3.8, 4) is 0 Å². The minimum absolute atomic E-state index is 0.274. The summed E-state index contributed by atoms with van der Waals surface area (Å²) in [5.41, 5.74) is 2.34. The van der Waals surface area contributed by atoms with Crippen molar-refractivity contribution >= 4 is 5.97 Å². The third-order valence-electron chi connectivity index (χ3n) is 2.45. The van der Waals surface area contributed by atoms with Gasteiger partial charge in [0.05, 0.1) is 12.3 Å². The van der Waals surface area contributed by atoms with Gasteiger partial charge in [-0.25, -0.2) is 4.79 Å². The van der Waals surface area contributed by atoms with E-state index < -0.39 is 0 Å². The van der Waals surface area contributed by atoms with Crippen molar-refractivity contribution in [2.24, 2.45) is 7.05 Å². The average Bonchev–Trinajstić information content (AvgIpc) is 2.41. The molecule has 0 aromatic carbocycles. The second kappa shape index (κ2) is 4.96. The number of carbonyl (C=O) groups is 1. The Bertz CT molecular complexity index is 356. The fourth-order valence-electron chi connectivity index (χ4n) is 1.43. The van der Waals surface area contributed by atoms with E-state index in [4.69, 9.17) is 4.74 Å². The Kier molecular flexibility index (Phi) is 3.88. The number of hydrogen-bond acceptors (Lipinski definition) is 3. The fraction of sp³-hybridized carbons (Fsp3) is 0.636. The van der Waals surface area contributed by atoms with E-state index in [0.29, 0.717) is 12.3 Å². The van der Waals surface area contributed by atoms with Gasteiger partial charge in [-0.3, -0.25) is 4.68 Å². The zero-order valence-corrected chi connectivity index (χ0v) is 9.83. The quantitative estimate of drug-likeness (QED) is 0.564. The first-order valence-electron chi connectivity index (χ1n) is 5.25. The normalized spacial score (nSPS) is 10.4. The van der Waals surface area contributed by atoms with Crippen molar-refractivity contribution in [2.45, 2.75) is 33.6 Å². The van der Waals surface area contributed by atoms with E-state index in [-0.39, 0.29) is 5.97 Å². The summed E-state index contributed by atoms with van der Waals surface area (Å²) in [7, 11) is 1.76. The summed E-state index contributed by atoms with van der Waals surface area (Å²) in [4.78, 5) is 11.7. The number of unbranched alkanes of at least 4 members (excludes halogenated alkanes) is 1. The van der Waals surface area contributed by atoms with Crippen LogP contribution < -0.4 is 0 Å². The van der Waals surface area contributed by atoms with Crippen molar-refractivity contribution in [1.29, 1.82) is 0 Å². The third-order valence-corrected chi connectivity index (χ3v) is 2.45. The number of hydrogen-bond donors (Lipinski definition) is 0. The van der Waals surface area contributed by atoms with Crippen LogP contribution in [-0.4, -0.2) is 22.4 Å². The second-order valence-corrected chi connectivity index (χ2v) is 3.67. The summed E-state index contributed by atoms with van der Waals surface area (Å²) in [5.74, 6) is -0.274. The van der Waals surface area contributed by atoms with Gasteiger partial charge in [-0.15, -0.1) is 0 Å². The van der Waals surface area contributed by atoms with E-state index in [1.807, 2.05) is 13.8 Å². The van der Waals surface area contributed by atoms with Crippen LogP contribution in [0.2, 0.25) is 0 Å². The van der Waals surface area contributed by atoms with Crippen LogP contribution in [0.1, 0.15) is 41.5 Å². The van der Waals surface area contributed by atoms with Crippen molar-refractivity contribution in [3.05, 3.63) is 17.0 Å². The monoisotopic (exact) mass is 210 g/mol. The Morgan fingerprint density at radius 2 is 2.13 bits per heavy atom. The largest absolute Gasteiger partial charge is 0.461 e. The third kappa shape index (κ3) is 2.58. The topological polar surface area (TPSA) is 44.1 Å². The summed E-state index contributed by atoms with van der Waals surface area (Å²) in [6.07, 6.45) is 1.93. The average molecular weight is 210 g/mol. The number of ether oxygens (including phenoxy) is 1. The van der Waals surface area contributed by atoms with Gasteiger partial charge in [0.25, 0.3) is 0 Å². The van der Waals surface area contributed by atoms with E-state index in [1.165, 1.54) is 0 Å². The van der Waals surface area contributed by atoms with Crippen LogP contribution in [0.3, 0.4) is 0 Å². The number of aromatic nitrogens is 2. The highest BCUT2D eigenvalue weighted by Gasteiger charge is 2.17. The van der Waals surface area contributed by atoms with Gasteiger partial charge in [0.15, 0.2) is 0 Å². The number of esters is 1. The Morgan fingerprint density at radius 3 is 2.60 bits per heavy atom. The Labute approximate surface area is 90.2 Å². The lowest BCUT2D eigenvalue weighted by molar-refractivity contribution is 0.0486. The molecule has 0 amide bonds. The summed E-state index contributed by atoms with van der Waals surface area (Å²) < 4.78 is 6.73. The highest BCUT2D eigenvalue weighted by atomic mass is 16.5. The molecule has 0 aliphatic carbocycles. The second-order valence-electron chi connectivity index (χ2n) is 3.67. The van der Waals surface area contributed by atoms with Crippen molar-refractivity contribution in [3.63, 3.8) is 0 Å². The van der Waals surface area contributed by atoms with Crippen LogP contribution in [0, 0.1) is 13.8 Å². The highest BCUT2D eigenvalue weighted by molar-refractivity contribution is 5.89. The molecule has 1 rings (SSSR count). The predicted molar refractivity (Wildman–Crippen MR) is 57.9 cm³/mol. The van der Waals surface area contributed by atoms with Crippen LogP contribution in [0.15, 0.2) is 0 Å². The lowest BCUT2D eigenvalue weighted by atomic mass is 10.2. The molecule has 0 fully saturated rings. The predicted octanol–water partition coefficient (Wildman–Crippen LogP) is 1.99. The number of nitrogens with zero attached hydrogens (tertiary/aromatic N) is 2. The van der Waals surface area contributed by atoms with Crippen LogP contribution in [-0.2, 0) is 11.8 Å². The fourth-order valence-corrected chi connectivity index (χ4v) is 1.43. The van der Waals surface area contributed by atoms with E-state index >= 15 is 0 Å². The number of rotatable bonds is 4. The van der Waals surface area contributed by atoms with Crippen molar-refractivity contribution in [1.82, 2.24) is 9.78 Å². The first kappa shape index (κ1) is 11.8. The maximum Gasteiger partial charge on any atom is 0.356 e. The molecule has 1 aromatic heterocycles. The molecular formula is C11H18N2O2. The minimum Gasteiger partial charge on any atom is -0.461 e. The van der Waals surface area contributed by atoms with Gasteiger partial charge in [-0.05, 0) is 20.3 Å². The van der Waals surface area contributed by atoms with Gasteiger partial charge in [-0.2, -0.15) is 5.10 Å². The molecule has 0 saturated carbocycles. The Balaban J connectivity index is 2.73. The molecule has 0 aliphatic rings. The Morgan fingerprint density at radius 1 is 1.47 bits per heavy atom. The molecule has 84 valence electrons. The van der Waals surface area contributed by atoms with Crippen LogP contribution in [0.5, 0.6) is 0 Å². The smallest absolute Gasteiger partial charge is 0.356 e. The maximum absolute atomic E-state index is 11.7. The van der Waals surface area contributed by atoms with Crippen molar-refractivity contribution < 1.29 is 9.53 Å². The number of aryl methyl sites for hydroxylation is 2. The molecule has 0 bridgehead atoms. The molecule has 0 N–H and O–H groups in total. The minimum atomic E-state index is -0.274. The SMILES string of the molecule is CCCCOC(=O)c1c(C)c(C)nn1C. The summed E-state index contributed by atoms with van der Waals surface area (Å²) in [6.45, 7) is 6.32. The van der Waals surface area contributed by atoms with Gasteiger partial charge in [-0.1, -0.05) is 13.3 Å². The van der Waals surface area contributed by atoms with Crippen LogP contribution in [0.4, 0.5) is 0 Å². The maximum atomic E-state index is 11.7. The standard InChI is InChI=1S/C11H18N2O2/c1-5-6-7-15-11(14)10-8(2)9(3)12-13(10)4/h5-7H2,1-4H3. The molecule has 1 aromatic rings. The summed E-state index contributed by atoms with van der Waals surface area (Å²) >= 11 is 0. The summed E-state index contributed by atoms with van der Waals surface area (Å²) in [6, 6.07) is 0.